The lowest BCUT2D eigenvalue weighted by Crippen LogP contribution is -2.39. The lowest BCUT2D eigenvalue weighted by Gasteiger charge is -2.20. The van der Waals surface area contributed by atoms with Gasteiger partial charge in [0.2, 0.25) is 0 Å². The van der Waals surface area contributed by atoms with Gasteiger partial charge in [0, 0.05) is 20.1 Å². The van der Waals surface area contributed by atoms with Gasteiger partial charge in [0.25, 0.3) is 0 Å². The molecule has 1 N–H and O–H groups in total. The van der Waals surface area contributed by atoms with Gasteiger partial charge in [-0.15, -0.1) is 6.58 Å². The van der Waals surface area contributed by atoms with E-state index < -0.39 is 10.2 Å². The summed E-state index contributed by atoms with van der Waals surface area (Å²) in [5, 5.41) is 0. The van der Waals surface area contributed by atoms with Crippen LogP contribution in [0.3, 0.4) is 0 Å². The highest BCUT2D eigenvalue weighted by Crippen LogP contribution is 2.20. The molecule has 176 valence electrons. The highest BCUT2D eigenvalue weighted by Gasteiger charge is 2.17. The topological polar surface area (TPSA) is 61.9 Å². The molecule has 0 heterocycles. The zero-order valence-electron chi connectivity index (χ0n) is 19.4. The summed E-state index contributed by atoms with van der Waals surface area (Å²) in [5.41, 5.74) is 1.69. The van der Waals surface area contributed by atoms with E-state index in [9.17, 15) is 8.42 Å². The summed E-state index contributed by atoms with van der Waals surface area (Å²) < 4.78 is 34.8. The Bertz CT molecular complexity index is 886. The highest BCUT2D eigenvalue weighted by atomic mass is 32.2. The number of unbranched alkanes of at least 4 members (excludes halogenated alkanes) is 3. The lowest BCUT2D eigenvalue weighted by atomic mass is 10.2. The highest BCUT2D eigenvalue weighted by molar-refractivity contribution is 7.90. The molecule has 32 heavy (non-hydrogen) atoms. The normalized spacial score (nSPS) is 11.5. The molecule has 0 atom stereocenters. The summed E-state index contributed by atoms with van der Waals surface area (Å²) >= 11 is 0. The maximum atomic E-state index is 12.6. The summed E-state index contributed by atoms with van der Waals surface area (Å²) in [6.07, 6.45) is 7.08. The predicted octanol–water partition coefficient (Wildman–Crippen LogP) is 4.26. The molecule has 0 fully saturated rings. The number of likely N-dealkylation sites (N-methyl/N-ethyl adjacent to an activating group) is 1. The minimum absolute atomic E-state index is 0.350. The first-order chi connectivity index (χ1) is 15.4. The molecule has 0 radical (unpaired) electrons. The Morgan fingerprint density at radius 1 is 0.969 bits per heavy atom. The van der Waals surface area contributed by atoms with Gasteiger partial charge in [0.05, 0.1) is 12.3 Å². The van der Waals surface area contributed by atoms with Crippen LogP contribution in [0.5, 0.6) is 5.75 Å². The molecule has 0 aliphatic rings. The summed E-state index contributed by atoms with van der Waals surface area (Å²) in [6.45, 7) is 6.79. The third-order valence-corrected chi connectivity index (χ3v) is 6.75. The minimum atomic E-state index is -3.60. The monoisotopic (exact) mass is 459 g/mol. The van der Waals surface area contributed by atoms with E-state index in [4.69, 9.17) is 4.74 Å². The molecule has 2 aromatic rings. The fourth-order valence-electron chi connectivity index (χ4n) is 3.30. The molecule has 6 nitrogen and oxygen atoms in total. The van der Waals surface area contributed by atoms with Crippen LogP contribution in [0.2, 0.25) is 0 Å². The van der Waals surface area contributed by atoms with E-state index in [0.29, 0.717) is 25.3 Å². The lowest BCUT2D eigenvalue weighted by molar-refractivity contribution is 0.300. The maximum Gasteiger partial charge on any atom is 0.301 e. The number of rotatable bonds is 16. The van der Waals surface area contributed by atoms with Crippen molar-refractivity contribution in [3.63, 3.8) is 0 Å². The molecule has 0 aromatic heterocycles. The molecule has 0 aliphatic carbocycles. The van der Waals surface area contributed by atoms with Crippen LogP contribution in [-0.2, 0) is 16.6 Å². The summed E-state index contributed by atoms with van der Waals surface area (Å²) in [6, 6.07) is 17.0. The van der Waals surface area contributed by atoms with Crippen molar-refractivity contribution in [2.24, 2.45) is 0 Å². The minimum Gasteiger partial charge on any atom is -0.494 e. The third kappa shape index (κ3) is 9.42. The van der Waals surface area contributed by atoms with Crippen LogP contribution in [0, 0.1) is 0 Å². The van der Waals surface area contributed by atoms with Gasteiger partial charge in [-0.05, 0) is 62.7 Å². The number of benzene rings is 2. The average molecular weight is 460 g/mol. The van der Waals surface area contributed by atoms with Crippen LogP contribution < -0.4 is 13.8 Å². The van der Waals surface area contributed by atoms with Gasteiger partial charge in [-0.25, -0.2) is 0 Å². The molecule has 0 unspecified atom stereocenters. The molecule has 2 aromatic carbocycles. The van der Waals surface area contributed by atoms with Crippen LogP contribution in [0.1, 0.15) is 31.2 Å². The maximum absolute atomic E-state index is 12.6. The average Bonchev–Trinajstić information content (AvgIpc) is 2.79. The number of hydrogen-bond acceptors (Lipinski definition) is 4. The first-order valence-corrected chi connectivity index (χ1v) is 12.7. The second-order valence-electron chi connectivity index (χ2n) is 7.91. The first-order valence-electron chi connectivity index (χ1n) is 11.2. The summed E-state index contributed by atoms with van der Waals surface area (Å²) in [4.78, 5) is 2.26. The zero-order valence-corrected chi connectivity index (χ0v) is 20.2. The van der Waals surface area contributed by atoms with Crippen molar-refractivity contribution in [3.05, 3.63) is 72.8 Å². The van der Waals surface area contributed by atoms with Gasteiger partial charge in [-0.3, -0.25) is 4.31 Å². The van der Waals surface area contributed by atoms with Crippen molar-refractivity contribution in [1.82, 2.24) is 9.62 Å². The van der Waals surface area contributed by atoms with Crippen LogP contribution in [0.15, 0.2) is 67.3 Å². The largest absolute Gasteiger partial charge is 0.494 e. The molecule has 0 saturated heterocycles. The summed E-state index contributed by atoms with van der Waals surface area (Å²) in [5.74, 6) is 0.752. The fraction of sp³-hybridized carbons (Fsp3) is 0.440. The Morgan fingerprint density at radius 2 is 1.66 bits per heavy atom. The van der Waals surface area contributed by atoms with Gasteiger partial charge >= 0.3 is 10.2 Å². The molecule has 7 heteroatoms. The molecule has 0 spiro atoms. The predicted molar refractivity (Wildman–Crippen MR) is 134 cm³/mol. The van der Waals surface area contributed by atoms with E-state index in [2.05, 4.69) is 23.2 Å². The SMILES string of the molecule is C=CCN(C)CCCCCCOc1ccc(N(C)S(=O)(=O)NCCc2ccccc2)cc1. The first kappa shape index (κ1) is 25.9. The number of ether oxygens (including phenoxy) is 1. The van der Waals surface area contributed by atoms with E-state index in [1.165, 1.54) is 17.1 Å². The van der Waals surface area contributed by atoms with E-state index in [0.717, 1.165) is 37.2 Å². The van der Waals surface area contributed by atoms with E-state index >= 15 is 0 Å². The molecule has 0 saturated carbocycles. The summed E-state index contributed by atoms with van der Waals surface area (Å²) in [7, 11) is 0.0554. The van der Waals surface area contributed by atoms with Gasteiger partial charge in [-0.2, -0.15) is 13.1 Å². The van der Waals surface area contributed by atoms with Crippen LogP contribution in [-0.4, -0.2) is 53.7 Å². The smallest absolute Gasteiger partial charge is 0.301 e. The second-order valence-corrected chi connectivity index (χ2v) is 9.70. The van der Waals surface area contributed by atoms with Crippen molar-refractivity contribution >= 4 is 15.9 Å². The number of nitrogens with one attached hydrogen (secondary N) is 1. The Balaban J connectivity index is 1.68. The van der Waals surface area contributed by atoms with E-state index in [1.807, 2.05) is 48.5 Å². The molecular formula is C25H37N3O3S. The number of anilines is 1. The number of nitrogens with zero attached hydrogens (tertiary/aromatic N) is 2. The van der Waals surface area contributed by atoms with Gasteiger partial charge < -0.3 is 9.64 Å². The number of hydrogen-bond donors (Lipinski definition) is 1. The Morgan fingerprint density at radius 3 is 2.34 bits per heavy atom. The van der Waals surface area contributed by atoms with Crippen LogP contribution >= 0.6 is 0 Å². The Hall–Kier alpha value is -2.35. The fourth-order valence-corrected chi connectivity index (χ4v) is 4.25. The molecule has 0 bridgehead atoms. The van der Waals surface area contributed by atoms with Crippen molar-refractivity contribution in [1.29, 1.82) is 0 Å². The van der Waals surface area contributed by atoms with Crippen molar-refractivity contribution < 1.29 is 13.2 Å². The molecular weight excluding hydrogens is 422 g/mol. The quantitative estimate of drug-likeness (QED) is 0.301. The van der Waals surface area contributed by atoms with Gasteiger partial charge in [-0.1, -0.05) is 49.2 Å². The van der Waals surface area contributed by atoms with Crippen LogP contribution in [0.4, 0.5) is 5.69 Å². The molecule has 0 amide bonds. The zero-order chi connectivity index (χ0) is 23.2. The van der Waals surface area contributed by atoms with Crippen molar-refractivity contribution in [2.45, 2.75) is 32.1 Å². The van der Waals surface area contributed by atoms with Gasteiger partial charge in [0.1, 0.15) is 5.75 Å². The molecule has 2 rings (SSSR count). The standard InChI is InChI=1S/C25H37N3O3S/c1-4-20-27(2)21-10-5-6-11-22-31-25-16-14-24(15-17-25)28(3)32(29,30)26-19-18-23-12-8-7-9-13-23/h4,7-9,12-17,26H,1,5-6,10-11,18-22H2,2-3H3. The Labute approximate surface area is 194 Å². The van der Waals surface area contributed by atoms with Crippen molar-refractivity contribution in [2.75, 3.05) is 44.6 Å². The van der Waals surface area contributed by atoms with E-state index in [-0.39, 0.29) is 0 Å². The van der Waals surface area contributed by atoms with Gasteiger partial charge in [0.15, 0.2) is 0 Å². The van der Waals surface area contributed by atoms with Crippen LogP contribution in [0.25, 0.3) is 0 Å². The third-order valence-electron chi connectivity index (χ3n) is 5.25. The van der Waals surface area contributed by atoms with E-state index in [1.54, 1.807) is 19.2 Å². The van der Waals surface area contributed by atoms with Crippen molar-refractivity contribution in [3.8, 4) is 5.75 Å². The Kier molecular flexibility index (Phi) is 11.3. The second kappa shape index (κ2) is 13.9. The molecule has 0 aliphatic heterocycles.